The Morgan fingerprint density at radius 3 is 2.13 bits per heavy atom. The molecule has 4 rings (SSSR count). The van der Waals surface area contributed by atoms with E-state index in [9.17, 15) is 22.4 Å². The first kappa shape index (κ1) is 33.0. The molecule has 4 aromatic carbocycles. The summed E-state index contributed by atoms with van der Waals surface area (Å²) < 4.78 is 52.2. The summed E-state index contributed by atoms with van der Waals surface area (Å²) in [5.41, 5.74) is 1.65. The van der Waals surface area contributed by atoms with Crippen molar-refractivity contribution < 1.29 is 31.9 Å². The molecule has 0 spiro atoms. The number of methoxy groups -OCH3 is 1. The van der Waals surface area contributed by atoms with Gasteiger partial charge in [0.05, 0.1) is 12.0 Å². The van der Waals surface area contributed by atoms with Crippen molar-refractivity contribution >= 4 is 27.5 Å². The maximum Gasteiger partial charge on any atom is 0.261 e. The quantitative estimate of drug-likeness (QED) is 0.162. The van der Waals surface area contributed by atoms with Gasteiger partial charge in [-0.15, -0.1) is 0 Å². The lowest BCUT2D eigenvalue weighted by atomic mass is 10.0. The van der Waals surface area contributed by atoms with E-state index in [0.29, 0.717) is 17.9 Å². The van der Waals surface area contributed by atoms with Gasteiger partial charge in [0, 0.05) is 18.8 Å². The van der Waals surface area contributed by atoms with Crippen LogP contribution in [0.3, 0.4) is 0 Å². The maximum absolute atomic E-state index is 13.8. The molecule has 0 aliphatic rings. The Kier molecular flexibility index (Phi) is 11.5. The van der Waals surface area contributed by atoms with Gasteiger partial charge in [0.25, 0.3) is 15.9 Å². The van der Waals surface area contributed by atoms with E-state index in [-0.39, 0.29) is 28.8 Å². The average Bonchev–Trinajstić information content (AvgIpc) is 3.05. The van der Waals surface area contributed by atoms with Gasteiger partial charge in [-0.2, -0.15) is 0 Å². The fraction of sp³-hybridized carbons (Fsp3) is 0.235. The van der Waals surface area contributed by atoms with Crippen LogP contribution < -0.4 is 19.5 Å². The SMILES string of the molecule is CCCCNC(=O)C(c1ccccc1)N(Cc1ccc(OC)cc1)C(=O)COc1ccc(S(=O)(=O)Nc2ccc(F)cc2)cc1. The molecule has 2 amide bonds. The van der Waals surface area contributed by atoms with Crippen molar-refractivity contribution in [1.82, 2.24) is 10.2 Å². The van der Waals surface area contributed by atoms with E-state index in [4.69, 9.17) is 9.47 Å². The van der Waals surface area contributed by atoms with Gasteiger partial charge in [0.2, 0.25) is 5.91 Å². The van der Waals surface area contributed by atoms with Crippen molar-refractivity contribution in [1.29, 1.82) is 0 Å². The molecule has 0 bridgehead atoms. The van der Waals surface area contributed by atoms with Crippen LogP contribution in [0.1, 0.15) is 36.9 Å². The molecule has 0 radical (unpaired) electrons. The molecule has 0 aliphatic heterocycles. The van der Waals surface area contributed by atoms with Crippen LogP contribution in [0, 0.1) is 5.82 Å². The third-order valence-corrected chi connectivity index (χ3v) is 8.33. The Balaban J connectivity index is 1.54. The van der Waals surface area contributed by atoms with Gasteiger partial charge in [0.1, 0.15) is 23.4 Å². The maximum atomic E-state index is 13.8. The average molecular weight is 634 g/mol. The Labute approximate surface area is 263 Å². The van der Waals surface area contributed by atoms with E-state index in [2.05, 4.69) is 10.0 Å². The van der Waals surface area contributed by atoms with Crippen LogP contribution in [-0.4, -0.2) is 45.4 Å². The van der Waals surface area contributed by atoms with Crippen LogP contribution in [0.25, 0.3) is 0 Å². The van der Waals surface area contributed by atoms with Crippen molar-refractivity contribution in [3.8, 4) is 11.5 Å². The highest BCUT2D eigenvalue weighted by atomic mass is 32.2. The number of anilines is 1. The fourth-order valence-electron chi connectivity index (χ4n) is 4.52. The highest BCUT2D eigenvalue weighted by Gasteiger charge is 2.31. The number of benzene rings is 4. The van der Waals surface area contributed by atoms with Gasteiger partial charge in [-0.3, -0.25) is 14.3 Å². The molecular weight excluding hydrogens is 597 g/mol. The number of hydrogen-bond donors (Lipinski definition) is 2. The monoisotopic (exact) mass is 633 g/mol. The highest BCUT2D eigenvalue weighted by Crippen LogP contribution is 2.26. The van der Waals surface area contributed by atoms with E-state index < -0.39 is 34.4 Å². The van der Waals surface area contributed by atoms with E-state index >= 15 is 0 Å². The molecule has 0 saturated carbocycles. The zero-order valence-electron chi connectivity index (χ0n) is 25.1. The number of hydrogen-bond acceptors (Lipinski definition) is 6. The van der Waals surface area contributed by atoms with Crippen molar-refractivity contribution in [2.24, 2.45) is 0 Å². The summed E-state index contributed by atoms with van der Waals surface area (Å²) in [5.74, 6) is -0.309. The molecule has 4 aromatic rings. The Hall–Kier alpha value is -4.90. The number of nitrogens with one attached hydrogen (secondary N) is 2. The standard InChI is InChI=1S/C34H36FN3O6S/c1-3-4-22-36-34(40)33(26-8-6-5-7-9-26)38(23-25-10-16-29(43-2)17-11-25)32(39)24-44-30-18-20-31(21-19-30)45(41,42)37-28-14-12-27(35)13-15-28/h5-21,33,37H,3-4,22-24H2,1-2H3,(H,36,40). The lowest BCUT2D eigenvalue weighted by molar-refractivity contribution is -0.143. The topological polar surface area (TPSA) is 114 Å². The van der Waals surface area contributed by atoms with Gasteiger partial charge < -0.3 is 19.7 Å². The van der Waals surface area contributed by atoms with E-state index in [1.54, 1.807) is 31.4 Å². The third kappa shape index (κ3) is 9.29. The summed E-state index contributed by atoms with van der Waals surface area (Å²) in [6.45, 7) is 2.23. The summed E-state index contributed by atoms with van der Waals surface area (Å²) in [4.78, 5) is 28.8. The first-order valence-electron chi connectivity index (χ1n) is 14.5. The summed E-state index contributed by atoms with van der Waals surface area (Å²) in [5, 5.41) is 2.96. The largest absolute Gasteiger partial charge is 0.497 e. The number of rotatable bonds is 15. The number of unbranched alkanes of at least 4 members (excludes halogenated alkanes) is 1. The minimum atomic E-state index is -3.95. The van der Waals surface area contributed by atoms with Crippen molar-refractivity contribution in [2.45, 2.75) is 37.2 Å². The number of ether oxygens (including phenoxy) is 2. The van der Waals surface area contributed by atoms with Crippen LogP contribution in [0.4, 0.5) is 10.1 Å². The molecule has 0 aliphatic carbocycles. The fourth-order valence-corrected chi connectivity index (χ4v) is 5.58. The zero-order valence-corrected chi connectivity index (χ0v) is 25.9. The molecule has 0 heterocycles. The first-order chi connectivity index (χ1) is 21.7. The minimum absolute atomic E-state index is 0.0421. The normalized spacial score (nSPS) is 11.7. The Bertz CT molecular complexity index is 1650. The molecule has 2 N–H and O–H groups in total. The molecule has 1 atom stereocenters. The molecule has 236 valence electrons. The molecule has 45 heavy (non-hydrogen) atoms. The summed E-state index contributed by atoms with van der Waals surface area (Å²) >= 11 is 0. The predicted octanol–water partition coefficient (Wildman–Crippen LogP) is 5.70. The third-order valence-electron chi connectivity index (χ3n) is 6.93. The predicted molar refractivity (Wildman–Crippen MR) is 170 cm³/mol. The van der Waals surface area contributed by atoms with Gasteiger partial charge in [-0.05, 0) is 78.2 Å². The minimum Gasteiger partial charge on any atom is -0.497 e. The number of carbonyl (C=O) groups is 2. The summed E-state index contributed by atoms with van der Waals surface area (Å²) in [6.07, 6.45) is 1.70. The van der Waals surface area contributed by atoms with Crippen LogP contribution in [0.15, 0.2) is 108 Å². The second-order valence-electron chi connectivity index (χ2n) is 10.2. The van der Waals surface area contributed by atoms with E-state index in [1.807, 2.05) is 37.3 Å². The van der Waals surface area contributed by atoms with Crippen LogP contribution >= 0.6 is 0 Å². The number of nitrogens with zero attached hydrogens (tertiary/aromatic N) is 1. The summed E-state index contributed by atoms with van der Waals surface area (Å²) in [7, 11) is -2.38. The zero-order chi connectivity index (χ0) is 32.2. The number of halogens is 1. The molecular formula is C34H36FN3O6S. The van der Waals surface area contributed by atoms with E-state index in [1.165, 1.54) is 41.3 Å². The Morgan fingerprint density at radius 1 is 0.867 bits per heavy atom. The molecule has 0 aromatic heterocycles. The van der Waals surface area contributed by atoms with Crippen LogP contribution in [0.5, 0.6) is 11.5 Å². The first-order valence-corrected chi connectivity index (χ1v) is 15.9. The van der Waals surface area contributed by atoms with Crippen molar-refractivity contribution in [3.05, 3.63) is 120 Å². The second-order valence-corrected chi connectivity index (χ2v) is 11.9. The molecule has 9 nitrogen and oxygen atoms in total. The van der Waals surface area contributed by atoms with Gasteiger partial charge in [-0.1, -0.05) is 55.8 Å². The van der Waals surface area contributed by atoms with Crippen LogP contribution in [-0.2, 0) is 26.2 Å². The summed E-state index contributed by atoms with van der Waals surface area (Å²) in [6, 6.07) is 25.9. The van der Waals surface area contributed by atoms with Crippen LogP contribution in [0.2, 0.25) is 0 Å². The lowest BCUT2D eigenvalue weighted by Gasteiger charge is -2.31. The Morgan fingerprint density at radius 2 is 1.51 bits per heavy atom. The van der Waals surface area contributed by atoms with Gasteiger partial charge in [0.15, 0.2) is 6.61 Å². The molecule has 1 unspecified atom stereocenters. The molecule has 11 heteroatoms. The molecule has 0 saturated heterocycles. The molecule has 0 fully saturated rings. The van der Waals surface area contributed by atoms with Crippen molar-refractivity contribution in [3.63, 3.8) is 0 Å². The number of carbonyl (C=O) groups excluding carboxylic acids is 2. The van der Waals surface area contributed by atoms with E-state index in [0.717, 1.165) is 30.5 Å². The highest BCUT2D eigenvalue weighted by molar-refractivity contribution is 7.92. The van der Waals surface area contributed by atoms with Gasteiger partial charge >= 0.3 is 0 Å². The number of sulfonamides is 1. The smallest absolute Gasteiger partial charge is 0.261 e. The van der Waals surface area contributed by atoms with Gasteiger partial charge in [-0.25, -0.2) is 12.8 Å². The number of amides is 2. The van der Waals surface area contributed by atoms with Crippen molar-refractivity contribution in [2.75, 3.05) is 25.0 Å². The lowest BCUT2D eigenvalue weighted by Crippen LogP contribution is -2.45. The second kappa shape index (κ2) is 15.7.